The van der Waals surface area contributed by atoms with Crippen molar-refractivity contribution in [2.24, 2.45) is 5.11 Å². The molecule has 1 aliphatic heterocycles. The van der Waals surface area contributed by atoms with E-state index in [0.29, 0.717) is 16.9 Å². The highest BCUT2D eigenvalue weighted by Gasteiger charge is 2.55. The van der Waals surface area contributed by atoms with Crippen molar-refractivity contribution in [3.05, 3.63) is 70.1 Å². The van der Waals surface area contributed by atoms with Crippen molar-refractivity contribution in [3.8, 4) is 5.75 Å². The summed E-state index contributed by atoms with van der Waals surface area (Å²) in [6.45, 7) is 5.12. The Kier molecular flexibility index (Phi) is 4.75. The number of amides is 2. The number of nitrogens with zero attached hydrogens (tertiary/aromatic N) is 4. The molecular weight excluding hydrogens is 360 g/mol. The second kappa shape index (κ2) is 6.90. The minimum absolute atomic E-state index is 0.288. The first-order valence-corrected chi connectivity index (χ1v) is 8.62. The Hall–Kier alpha value is -3.51. The van der Waals surface area contributed by atoms with Crippen LogP contribution >= 0.6 is 0 Å². The van der Waals surface area contributed by atoms with Crippen molar-refractivity contribution < 1.29 is 19.1 Å². The van der Waals surface area contributed by atoms with Gasteiger partial charge in [-0.15, -0.1) is 0 Å². The number of anilines is 1. The van der Waals surface area contributed by atoms with E-state index < -0.39 is 23.1 Å². The van der Waals surface area contributed by atoms with Crippen molar-refractivity contribution in [2.45, 2.75) is 31.9 Å². The van der Waals surface area contributed by atoms with Gasteiger partial charge in [-0.1, -0.05) is 35.4 Å². The van der Waals surface area contributed by atoms with Crippen molar-refractivity contribution in [1.29, 1.82) is 0 Å². The van der Waals surface area contributed by atoms with Gasteiger partial charge in [-0.3, -0.25) is 4.79 Å². The van der Waals surface area contributed by atoms with Crippen LogP contribution in [0, 0.1) is 0 Å². The Morgan fingerprint density at radius 2 is 1.86 bits per heavy atom. The van der Waals surface area contributed by atoms with Gasteiger partial charge in [0.15, 0.2) is 5.54 Å². The molecule has 0 aliphatic carbocycles. The third kappa shape index (κ3) is 3.04. The van der Waals surface area contributed by atoms with E-state index in [-0.39, 0.29) is 5.69 Å². The fourth-order valence-electron chi connectivity index (χ4n) is 3.18. The summed E-state index contributed by atoms with van der Waals surface area (Å²) in [6, 6.07) is 13.4. The van der Waals surface area contributed by atoms with Crippen LogP contribution in [-0.4, -0.2) is 24.7 Å². The zero-order valence-electron chi connectivity index (χ0n) is 16.0. The maximum Gasteiger partial charge on any atom is 0.421 e. The lowest BCUT2D eigenvalue weighted by molar-refractivity contribution is -0.121. The third-order valence-corrected chi connectivity index (χ3v) is 4.31. The molecule has 2 aromatic carbocycles. The van der Waals surface area contributed by atoms with Crippen LogP contribution in [0.2, 0.25) is 0 Å². The normalized spacial score (nSPS) is 18.3. The Balaban J connectivity index is 2.29. The molecule has 0 fully saturated rings. The van der Waals surface area contributed by atoms with E-state index in [1.165, 1.54) is 7.11 Å². The number of methoxy groups -OCH3 is 1. The Bertz CT molecular complexity index is 977. The molecule has 0 spiro atoms. The van der Waals surface area contributed by atoms with Gasteiger partial charge in [0, 0.05) is 10.5 Å². The lowest BCUT2D eigenvalue weighted by Gasteiger charge is -2.26. The van der Waals surface area contributed by atoms with Crippen LogP contribution in [0.5, 0.6) is 5.75 Å². The molecule has 8 nitrogen and oxygen atoms in total. The Morgan fingerprint density at radius 3 is 2.43 bits per heavy atom. The van der Waals surface area contributed by atoms with E-state index in [9.17, 15) is 15.1 Å². The molecule has 1 aliphatic rings. The quantitative estimate of drug-likeness (QED) is 0.443. The summed E-state index contributed by atoms with van der Waals surface area (Å²) in [7, 11) is 1.49. The highest BCUT2D eigenvalue weighted by atomic mass is 16.6. The first-order valence-electron chi connectivity index (χ1n) is 8.62. The molecule has 0 aromatic heterocycles. The zero-order chi connectivity index (χ0) is 20.5. The molecule has 144 valence electrons. The van der Waals surface area contributed by atoms with Crippen LogP contribution < -0.4 is 9.64 Å². The van der Waals surface area contributed by atoms with Gasteiger partial charge in [0.25, 0.3) is 5.91 Å². The number of carbonyl (C=O) groups excluding carboxylic acids is 2. The molecule has 8 heteroatoms. The highest BCUT2D eigenvalue weighted by Crippen LogP contribution is 2.49. The van der Waals surface area contributed by atoms with E-state index in [4.69, 9.17) is 9.47 Å². The number of hydrogen-bond donors (Lipinski definition) is 0. The SMILES string of the molecule is COc1ccc2c(c1)[C@@](N=[N+]=[N-])(c1ccccc1)C(=O)N2C(=O)OC(C)(C)C. The Morgan fingerprint density at radius 1 is 1.18 bits per heavy atom. The number of fused-ring (bicyclic) bond motifs is 1. The number of ether oxygens (including phenoxy) is 2. The lowest BCUT2D eigenvalue weighted by atomic mass is 9.84. The summed E-state index contributed by atoms with van der Waals surface area (Å²) in [4.78, 5) is 30.2. The van der Waals surface area contributed by atoms with Gasteiger partial charge in [-0.2, -0.15) is 0 Å². The molecule has 0 saturated carbocycles. The maximum atomic E-state index is 13.5. The lowest BCUT2D eigenvalue weighted by Crippen LogP contribution is -2.45. The zero-order valence-corrected chi connectivity index (χ0v) is 16.0. The average Bonchev–Trinajstić information content (AvgIpc) is 2.90. The van der Waals surface area contributed by atoms with Crippen LogP contribution in [0.1, 0.15) is 31.9 Å². The van der Waals surface area contributed by atoms with Gasteiger partial charge in [0.2, 0.25) is 0 Å². The molecule has 2 amide bonds. The number of carbonyl (C=O) groups is 2. The predicted molar refractivity (Wildman–Crippen MR) is 103 cm³/mol. The summed E-state index contributed by atoms with van der Waals surface area (Å²) in [5.41, 5.74) is 7.81. The Labute approximate surface area is 162 Å². The summed E-state index contributed by atoms with van der Waals surface area (Å²) in [5.74, 6) is -0.236. The fourth-order valence-corrected chi connectivity index (χ4v) is 3.18. The van der Waals surface area contributed by atoms with Crippen LogP contribution in [0.25, 0.3) is 10.4 Å². The summed E-state index contributed by atoms with van der Waals surface area (Å²) in [5, 5.41) is 3.88. The molecular formula is C20H20N4O4. The average molecular weight is 380 g/mol. The van der Waals surface area contributed by atoms with Crippen LogP contribution in [0.15, 0.2) is 53.6 Å². The molecule has 2 aromatic rings. The molecule has 1 heterocycles. The summed E-state index contributed by atoms with van der Waals surface area (Å²) in [6.07, 6.45) is -0.838. The molecule has 3 rings (SSSR count). The standard InChI is InChI=1S/C20H20N4O4/c1-19(2,3)28-18(26)24-16-11-10-14(27-4)12-15(16)20(17(24)25,22-23-21)13-8-6-5-7-9-13/h5-12H,1-4H3/t20-/m0/s1. The van der Waals surface area contributed by atoms with Gasteiger partial charge in [0.05, 0.1) is 12.8 Å². The minimum Gasteiger partial charge on any atom is -0.497 e. The van der Waals surface area contributed by atoms with Crippen LogP contribution in [0.3, 0.4) is 0 Å². The van der Waals surface area contributed by atoms with E-state index in [0.717, 1.165) is 4.90 Å². The second-order valence-corrected chi connectivity index (χ2v) is 7.27. The van der Waals surface area contributed by atoms with Gasteiger partial charge >= 0.3 is 6.09 Å². The summed E-state index contributed by atoms with van der Waals surface area (Å²) >= 11 is 0. The van der Waals surface area contributed by atoms with Gasteiger partial charge in [-0.25, -0.2) is 9.69 Å². The van der Waals surface area contributed by atoms with Crippen molar-refractivity contribution >= 4 is 17.7 Å². The topological polar surface area (TPSA) is 105 Å². The molecule has 0 bridgehead atoms. The van der Waals surface area contributed by atoms with E-state index in [1.54, 1.807) is 69.3 Å². The number of imide groups is 1. The number of rotatable bonds is 3. The van der Waals surface area contributed by atoms with Gasteiger partial charge < -0.3 is 9.47 Å². The van der Waals surface area contributed by atoms with E-state index >= 15 is 0 Å². The minimum atomic E-state index is -1.74. The van der Waals surface area contributed by atoms with Crippen molar-refractivity contribution in [1.82, 2.24) is 0 Å². The molecule has 0 saturated heterocycles. The van der Waals surface area contributed by atoms with E-state index in [1.807, 2.05) is 0 Å². The molecule has 0 unspecified atom stereocenters. The molecule has 0 radical (unpaired) electrons. The maximum absolute atomic E-state index is 13.5. The molecule has 28 heavy (non-hydrogen) atoms. The second-order valence-electron chi connectivity index (χ2n) is 7.27. The number of hydrogen-bond acceptors (Lipinski definition) is 5. The number of azide groups is 1. The van der Waals surface area contributed by atoms with Crippen molar-refractivity contribution in [3.63, 3.8) is 0 Å². The van der Waals surface area contributed by atoms with Crippen LogP contribution in [0.4, 0.5) is 10.5 Å². The van der Waals surface area contributed by atoms with Gasteiger partial charge in [0.1, 0.15) is 11.4 Å². The first-order chi connectivity index (χ1) is 13.2. The fraction of sp³-hybridized carbons (Fsp3) is 0.300. The smallest absolute Gasteiger partial charge is 0.421 e. The first kappa shape index (κ1) is 19.3. The third-order valence-electron chi connectivity index (χ3n) is 4.31. The largest absolute Gasteiger partial charge is 0.497 e. The van der Waals surface area contributed by atoms with E-state index in [2.05, 4.69) is 10.0 Å². The molecule has 0 N–H and O–H groups in total. The summed E-state index contributed by atoms with van der Waals surface area (Å²) < 4.78 is 10.7. The number of benzene rings is 2. The molecule has 1 atom stereocenters. The monoisotopic (exact) mass is 380 g/mol. The predicted octanol–water partition coefficient (Wildman–Crippen LogP) is 4.53. The van der Waals surface area contributed by atoms with Crippen molar-refractivity contribution in [2.75, 3.05) is 12.0 Å². The van der Waals surface area contributed by atoms with Crippen LogP contribution in [-0.2, 0) is 15.1 Å². The highest BCUT2D eigenvalue weighted by molar-refractivity contribution is 6.22. The van der Waals surface area contributed by atoms with Gasteiger partial charge in [-0.05, 0) is 50.1 Å².